The van der Waals surface area contributed by atoms with Gasteiger partial charge in [-0.3, -0.25) is 4.90 Å². The lowest BCUT2D eigenvalue weighted by molar-refractivity contribution is 0.222. The number of benzene rings is 1. The third kappa shape index (κ3) is 5.22. The van der Waals surface area contributed by atoms with Crippen LogP contribution >= 0.6 is 11.3 Å². The van der Waals surface area contributed by atoms with E-state index < -0.39 is 0 Å². The molecule has 1 heterocycles. The molecule has 4 nitrogen and oxygen atoms in total. The van der Waals surface area contributed by atoms with E-state index in [-0.39, 0.29) is 6.03 Å². The smallest absolute Gasteiger partial charge is 0.314 e. The second-order valence-electron chi connectivity index (χ2n) is 5.91. The van der Waals surface area contributed by atoms with E-state index in [1.54, 1.807) is 11.3 Å². The summed E-state index contributed by atoms with van der Waals surface area (Å²) >= 11 is 1.76. The number of rotatable bonds is 8. The number of thiophene rings is 1. The van der Waals surface area contributed by atoms with E-state index in [2.05, 4.69) is 66.0 Å². The van der Waals surface area contributed by atoms with Crippen molar-refractivity contribution in [3.05, 3.63) is 35.2 Å². The minimum Gasteiger partial charge on any atom is -0.338 e. The predicted molar refractivity (Wildman–Crippen MR) is 99.3 cm³/mol. The zero-order valence-electron chi connectivity index (χ0n) is 14.3. The summed E-state index contributed by atoms with van der Waals surface area (Å²) in [7, 11) is 0. The Morgan fingerprint density at radius 3 is 2.70 bits per heavy atom. The highest BCUT2D eigenvalue weighted by Gasteiger charge is 2.07. The molecule has 2 rings (SSSR count). The molecule has 0 unspecified atom stereocenters. The molecule has 2 amide bonds. The van der Waals surface area contributed by atoms with Gasteiger partial charge in [0.1, 0.15) is 0 Å². The molecule has 2 N–H and O–H groups in total. The highest BCUT2D eigenvalue weighted by Crippen LogP contribution is 2.25. The summed E-state index contributed by atoms with van der Waals surface area (Å²) in [5.41, 5.74) is 1.31. The molecule has 2 aromatic rings. The van der Waals surface area contributed by atoms with E-state index in [4.69, 9.17) is 0 Å². The van der Waals surface area contributed by atoms with Crippen molar-refractivity contribution in [3.8, 4) is 0 Å². The maximum atomic E-state index is 11.8. The van der Waals surface area contributed by atoms with Gasteiger partial charge >= 0.3 is 6.03 Å². The Morgan fingerprint density at radius 2 is 1.96 bits per heavy atom. The Labute approximate surface area is 142 Å². The van der Waals surface area contributed by atoms with Crippen LogP contribution in [-0.2, 0) is 6.42 Å². The molecule has 23 heavy (non-hydrogen) atoms. The van der Waals surface area contributed by atoms with Gasteiger partial charge in [-0.15, -0.1) is 11.3 Å². The van der Waals surface area contributed by atoms with E-state index in [0.717, 1.165) is 19.5 Å². The van der Waals surface area contributed by atoms with Crippen LogP contribution in [0.5, 0.6) is 0 Å². The standard InChI is InChI=1S/C18H27N3OS/c1-4-21(14(2)3)12-11-20-18(22)19-10-9-15-13-23-17-8-6-5-7-16(15)17/h5-8,13-14H,4,9-12H2,1-3H3,(H2,19,20,22). The maximum absolute atomic E-state index is 11.8. The summed E-state index contributed by atoms with van der Waals surface area (Å²) in [5.74, 6) is 0. The topological polar surface area (TPSA) is 44.4 Å². The van der Waals surface area contributed by atoms with E-state index in [1.165, 1.54) is 15.6 Å². The van der Waals surface area contributed by atoms with Crippen LogP contribution in [0.1, 0.15) is 26.3 Å². The molecule has 126 valence electrons. The molecule has 5 heteroatoms. The molecule has 0 atom stereocenters. The fourth-order valence-electron chi connectivity index (χ4n) is 2.69. The number of likely N-dealkylation sites (N-methyl/N-ethyl adjacent to an activating group) is 1. The summed E-state index contributed by atoms with van der Waals surface area (Å²) in [4.78, 5) is 14.2. The predicted octanol–water partition coefficient (Wildman–Crippen LogP) is 3.47. The molecule has 0 aliphatic heterocycles. The van der Waals surface area contributed by atoms with Crippen molar-refractivity contribution in [2.75, 3.05) is 26.2 Å². The van der Waals surface area contributed by atoms with Gasteiger partial charge in [0.05, 0.1) is 0 Å². The molecule has 0 saturated carbocycles. The largest absolute Gasteiger partial charge is 0.338 e. The van der Waals surface area contributed by atoms with Gasteiger partial charge in [-0.25, -0.2) is 4.79 Å². The van der Waals surface area contributed by atoms with Crippen LogP contribution in [0.3, 0.4) is 0 Å². The Kier molecular flexibility index (Phi) is 6.86. The van der Waals surface area contributed by atoms with Crippen LogP contribution in [0.4, 0.5) is 4.79 Å². The number of carbonyl (C=O) groups is 1. The summed E-state index contributed by atoms with van der Waals surface area (Å²) in [6.45, 7) is 9.73. The van der Waals surface area contributed by atoms with Crippen LogP contribution in [0.25, 0.3) is 10.1 Å². The third-order valence-electron chi connectivity index (χ3n) is 4.06. The second-order valence-corrected chi connectivity index (χ2v) is 6.82. The van der Waals surface area contributed by atoms with Gasteiger partial charge in [0.2, 0.25) is 0 Å². The van der Waals surface area contributed by atoms with Gasteiger partial charge in [0, 0.05) is 30.4 Å². The number of nitrogens with zero attached hydrogens (tertiary/aromatic N) is 1. The summed E-state index contributed by atoms with van der Waals surface area (Å²) < 4.78 is 1.31. The Hall–Kier alpha value is -1.59. The monoisotopic (exact) mass is 333 g/mol. The first-order valence-electron chi connectivity index (χ1n) is 8.32. The van der Waals surface area contributed by atoms with Crippen molar-refractivity contribution in [3.63, 3.8) is 0 Å². The molecule has 0 aliphatic rings. The molecule has 0 aliphatic carbocycles. The van der Waals surface area contributed by atoms with Crippen molar-refractivity contribution in [2.45, 2.75) is 33.2 Å². The van der Waals surface area contributed by atoms with Crippen molar-refractivity contribution in [2.24, 2.45) is 0 Å². The first-order valence-corrected chi connectivity index (χ1v) is 9.20. The lowest BCUT2D eigenvalue weighted by atomic mass is 10.1. The summed E-state index contributed by atoms with van der Waals surface area (Å²) in [6, 6.07) is 8.84. The number of hydrogen-bond acceptors (Lipinski definition) is 3. The summed E-state index contributed by atoms with van der Waals surface area (Å²) in [5, 5.41) is 9.36. The molecule has 1 aromatic heterocycles. The van der Waals surface area contributed by atoms with Crippen LogP contribution in [-0.4, -0.2) is 43.2 Å². The van der Waals surface area contributed by atoms with E-state index in [1.807, 2.05) is 0 Å². The lowest BCUT2D eigenvalue weighted by Crippen LogP contribution is -2.42. The van der Waals surface area contributed by atoms with E-state index >= 15 is 0 Å². The van der Waals surface area contributed by atoms with Crippen LogP contribution < -0.4 is 10.6 Å². The fourth-order valence-corrected chi connectivity index (χ4v) is 3.69. The zero-order chi connectivity index (χ0) is 16.7. The van der Waals surface area contributed by atoms with Crippen LogP contribution in [0.2, 0.25) is 0 Å². The zero-order valence-corrected chi connectivity index (χ0v) is 15.1. The Morgan fingerprint density at radius 1 is 1.22 bits per heavy atom. The second kappa shape index (κ2) is 8.89. The van der Waals surface area contributed by atoms with Crippen molar-refractivity contribution in [1.29, 1.82) is 0 Å². The Balaban J connectivity index is 1.69. The number of urea groups is 1. The normalized spacial score (nSPS) is 11.3. The van der Waals surface area contributed by atoms with Gasteiger partial charge in [0.25, 0.3) is 0 Å². The molecule has 0 radical (unpaired) electrons. The first kappa shape index (κ1) is 17.8. The quantitative estimate of drug-likeness (QED) is 0.777. The maximum Gasteiger partial charge on any atom is 0.314 e. The molecule has 1 aromatic carbocycles. The van der Waals surface area contributed by atoms with Gasteiger partial charge in [-0.1, -0.05) is 25.1 Å². The number of nitrogens with one attached hydrogen (secondary N) is 2. The fraction of sp³-hybridized carbons (Fsp3) is 0.500. The number of amides is 2. The van der Waals surface area contributed by atoms with Crippen molar-refractivity contribution < 1.29 is 4.79 Å². The Bertz CT molecular complexity index is 624. The van der Waals surface area contributed by atoms with Crippen LogP contribution in [0.15, 0.2) is 29.6 Å². The van der Waals surface area contributed by atoms with E-state index in [0.29, 0.717) is 19.1 Å². The lowest BCUT2D eigenvalue weighted by Gasteiger charge is -2.24. The number of hydrogen-bond donors (Lipinski definition) is 2. The SMILES string of the molecule is CCN(CCNC(=O)NCCc1csc2ccccc12)C(C)C. The highest BCUT2D eigenvalue weighted by atomic mass is 32.1. The van der Waals surface area contributed by atoms with Gasteiger partial charge in [-0.2, -0.15) is 0 Å². The highest BCUT2D eigenvalue weighted by molar-refractivity contribution is 7.17. The molecule has 0 saturated heterocycles. The van der Waals surface area contributed by atoms with Crippen molar-refractivity contribution >= 4 is 27.5 Å². The van der Waals surface area contributed by atoms with E-state index in [9.17, 15) is 4.79 Å². The average molecular weight is 334 g/mol. The molecule has 0 bridgehead atoms. The number of fused-ring (bicyclic) bond motifs is 1. The molecular weight excluding hydrogens is 306 g/mol. The van der Waals surface area contributed by atoms with Gasteiger partial charge in [-0.05, 0) is 49.2 Å². The van der Waals surface area contributed by atoms with Crippen molar-refractivity contribution in [1.82, 2.24) is 15.5 Å². The van der Waals surface area contributed by atoms with Crippen LogP contribution in [0, 0.1) is 0 Å². The summed E-state index contributed by atoms with van der Waals surface area (Å²) in [6.07, 6.45) is 0.866. The molecule has 0 spiro atoms. The average Bonchev–Trinajstić information content (AvgIpc) is 2.95. The van der Waals surface area contributed by atoms with Gasteiger partial charge in [0.15, 0.2) is 0 Å². The third-order valence-corrected chi connectivity index (χ3v) is 5.07. The minimum atomic E-state index is -0.0793. The molecule has 0 fully saturated rings. The minimum absolute atomic E-state index is 0.0793. The number of carbonyl (C=O) groups excluding carboxylic acids is 1. The molecular formula is C18H27N3OS. The first-order chi connectivity index (χ1) is 11.1. The van der Waals surface area contributed by atoms with Gasteiger partial charge < -0.3 is 10.6 Å².